The van der Waals surface area contributed by atoms with Gasteiger partial charge in [-0.15, -0.1) is 11.8 Å². The first-order valence-corrected chi connectivity index (χ1v) is 9.55. The minimum Gasteiger partial charge on any atom is -0.249 e. The van der Waals surface area contributed by atoms with Crippen LogP contribution in [0.1, 0.15) is 16.7 Å². The molecule has 0 aliphatic carbocycles. The molecule has 0 fully saturated rings. The van der Waals surface area contributed by atoms with Gasteiger partial charge in [0.25, 0.3) is 0 Å². The molecule has 0 aliphatic heterocycles. The van der Waals surface area contributed by atoms with Crippen molar-refractivity contribution in [2.75, 3.05) is 5.75 Å². The van der Waals surface area contributed by atoms with Crippen molar-refractivity contribution in [1.29, 1.82) is 0 Å². The van der Waals surface area contributed by atoms with E-state index in [1.807, 2.05) is 0 Å². The molecule has 3 aromatic rings. The van der Waals surface area contributed by atoms with Crippen LogP contribution in [0.3, 0.4) is 0 Å². The molecular weight excluding hydrogens is 412 g/mol. The zero-order valence-electron chi connectivity index (χ0n) is 14.9. The predicted octanol–water partition coefficient (Wildman–Crippen LogP) is 7.12. The third-order valence-corrected chi connectivity index (χ3v) is 5.21. The number of halogens is 6. The van der Waals surface area contributed by atoms with E-state index in [0.717, 1.165) is 29.8 Å². The van der Waals surface area contributed by atoms with Crippen molar-refractivity contribution in [2.24, 2.45) is 0 Å². The monoisotopic (exact) mass is 427 g/mol. The summed E-state index contributed by atoms with van der Waals surface area (Å²) in [4.78, 5) is 4.30. The molecule has 29 heavy (non-hydrogen) atoms. The highest BCUT2D eigenvalue weighted by Crippen LogP contribution is 2.34. The van der Waals surface area contributed by atoms with Gasteiger partial charge in [-0.1, -0.05) is 30.3 Å². The average molecular weight is 427 g/mol. The second-order valence-corrected chi connectivity index (χ2v) is 7.31. The van der Waals surface area contributed by atoms with Crippen LogP contribution in [0.5, 0.6) is 0 Å². The van der Waals surface area contributed by atoms with E-state index in [9.17, 15) is 26.3 Å². The fraction of sp³-hybridized carbons (Fsp3) is 0.190. The molecule has 8 heteroatoms. The third-order valence-electron chi connectivity index (χ3n) is 4.21. The van der Waals surface area contributed by atoms with Gasteiger partial charge in [0, 0.05) is 17.5 Å². The Morgan fingerprint density at radius 1 is 0.724 bits per heavy atom. The number of aromatic nitrogens is 1. The van der Waals surface area contributed by atoms with Gasteiger partial charge in [0.1, 0.15) is 5.03 Å². The summed E-state index contributed by atoms with van der Waals surface area (Å²) >= 11 is 1.40. The van der Waals surface area contributed by atoms with Crippen LogP contribution in [0.4, 0.5) is 26.3 Å². The summed E-state index contributed by atoms with van der Waals surface area (Å²) in [5.41, 5.74) is 0.671. The first-order chi connectivity index (χ1) is 13.6. The van der Waals surface area contributed by atoms with E-state index in [-0.39, 0.29) is 0 Å². The molecule has 152 valence electrons. The van der Waals surface area contributed by atoms with Crippen molar-refractivity contribution in [3.8, 4) is 11.1 Å². The van der Waals surface area contributed by atoms with Crippen molar-refractivity contribution in [3.63, 3.8) is 0 Å². The zero-order valence-corrected chi connectivity index (χ0v) is 15.7. The maximum atomic E-state index is 12.7. The van der Waals surface area contributed by atoms with Crippen LogP contribution in [0.2, 0.25) is 0 Å². The first-order valence-electron chi connectivity index (χ1n) is 8.56. The Balaban J connectivity index is 1.68. The van der Waals surface area contributed by atoms with Crippen LogP contribution >= 0.6 is 11.8 Å². The highest BCUT2D eigenvalue weighted by atomic mass is 32.2. The standard InChI is InChI=1S/C21H15F6NS/c22-20(23,24)16-7-3-14(4-8-16)11-13-29-19-18(2-1-12-28-19)15-5-9-17(10-6-15)21(25,26)27/h1-10,12H,11,13H2. The van der Waals surface area contributed by atoms with Gasteiger partial charge >= 0.3 is 12.4 Å². The quantitative estimate of drug-likeness (QED) is 0.318. The van der Waals surface area contributed by atoms with Crippen LogP contribution in [-0.4, -0.2) is 10.7 Å². The summed E-state index contributed by atoms with van der Waals surface area (Å²) in [6, 6.07) is 13.3. The summed E-state index contributed by atoms with van der Waals surface area (Å²) in [5.74, 6) is 0.565. The van der Waals surface area contributed by atoms with Crippen LogP contribution in [0.15, 0.2) is 71.9 Å². The number of hydrogen-bond donors (Lipinski definition) is 0. The maximum absolute atomic E-state index is 12.7. The number of rotatable bonds is 5. The highest BCUT2D eigenvalue weighted by molar-refractivity contribution is 7.99. The van der Waals surface area contributed by atoms with Crippen molar-refractivity contribution in [1.82, 2.24) is 4.98 Å². The molecule has 0 unspecified atom stereocenters. The molecule has 1 nitrogen and oxygen atoms in total. The Kier molecular flexibility index (Phi) is 6.21. The Morgan fingerprint density at radius 2 is 1.28 bits per heavy atom. The fourth-order valence-corrected chi connectivity index (χ4v) is 3.70. The van der Waals surface area contributed by atoms with E-state index in [0.29, 0.717) is 28.3 Å². The predicted molar refractivity (Wildman–Crippen MR) is 101 cm³/mol. The summed E-state index contributed by atoms with van der Waals surface area (Å²) in [5, 5.41) is 0.652. The molecule has 0 radical (unpaired) electrons. The number of alkyl halides is 6. The third kappa shape index (κ3) is 5.53. The van der Waals surface area contributed by atoms with Crippen LogP contribution in [-0.2, 0) is 18.8 Å². The lowest BCUT2D eigenvalue weighted by Gasteiger charge is -2.11. The highest BCUT2D eigenvalue weighted by Gasteiger charge is 2.30. The molecule has 0 N–H and O–H groups in total. The number of aryl methyl sites for hydroxylation is 1. The minimum atomic E-state index is -4.40. The van der Waals surface area contributed by atoms with Gasteiger partial charge in [0.2, 0.25) is 0 Å². The van der Waals surface area contributed by atoms with Crippen molar-refractivity contribution < 1.29 is 26.3 Å². The number of thioether (sulfide) groups is 1. The van der Waals surface area contributed by atoms with Crippen LogP contribution in [0, 0.1) is 0 Å². The van der Waals surface area contributed by atoms with Gasteiger partial charge < -0.3 is 0 Å². The van der Waals surface area contributed by atoms with Gasteiger partial charge in [-0.2, -0.15) is 26.3 Å². The SMILES string of the molecule is FC(F)(F)c1ccc(CCSc2ncccc2-c2ccc(C(F)(F)F)cc2)cc1. The summed E-state index contributed by atoms with van der Waals surface area (Å²) in [7, 11) is 0. The van der Waals surface area contributed by atoms with Crippen LogP contribution in [0.25, 0.3) is 11.1 Å². The molecule has 1 heterocycles. The van der Waals surface area contributed by atoms with Crippen molar-refractivity contribution in [2.45, 2.75) is 23.8 Å². The fourth-order valence-electron chi connectivity index (χ4n) is 2.69. The summed E-state index contributed by atoms with van der Waals surface area (Å²) in [6.07, 6.45) is -6.63. The zero-order chi connectivity index (χ0) is 21.1. The van der Waals surface area contributed by atoms with E-state index in [1.165, 1.54) is 36.0 Å². The molecule has 0 saturated carbocycles. The Labute approximate surface area is 167 Å². The Hall–Kier alpha value is -2.48. The molecule has 0 bridgehead atoms. The van der Waals surface area contributed by atoms with E-state index >= 15 is 0 Å². The molecule has 0 spiro atoms. The average Bonchev–Trinajstić information content (AvgIpc) is 2.67. The molecule has 3 rings (SSSR count). The number of hydrogen-bond acceptors (Lipinski definition) is 2. The second-order valence-electron chi connectivity index (χ2n) is 6.22. The topological polar surface area (TPSA) is 12.9 Å². The molecule has 0 saturated heterocycles. The van der Waals surface area contributed by atoms with E-state index in [2.05, 4.69) is 4.98 Å². The lowest BCUT2D eigenvalue weighted by atomic mass is 10.1. The molecule has 2 aromatic carbocycles. The first kappa shape index (κ1) is 21.2. The minimum absolute atomic E-state index is 0.534. The maximum Gasteiger partial charge on any atom is 0.416 e. The smallest absolute Gasteiger partial charge is 0.249 e. The van der Waals surface area contributed by atoms with Crippen LogP contribution < -0.4 is 0 Å². The Bertz CT molecular complexity index is 947. The number of pyridine rings is 1. The van der Waals surface area contributed by atoms with Gasteiger partial charge in [-0.05, 0) is 47.9 Å². The van der Waals surface area contributed by atoms with E-state index in [4.69, 9.17) is 0 Å². The van der Waals surface area contributed by atoms with Gasteiger partial charge in [-0.25, -0.2) is 4.98 Å². The van der Waals surface area contributed by atoms with Crippen molar-refractivity contribution >= 4 is 11.8 Å². The Morgan fingerprint density at radius 3 is 1.83 bits per heavy atom. The normalized spacial score (nSPS) is 12.2. The molecule has 0 aliphatic rings. The molecular formula is C21H15F6NS. The number of nitrogens with zero attached hydrogens (tertiary/aromatic N) is 1. The number of benzene rings is 2. The van der Waals surface area contributed by atoms with Crippen molar-refractivity contribution in [3.05, 3.63) is 83.6 Å². The summed E-state index contributed by atoms with van der Waals surface area (Å²) in [6.45, 7) is 0. The molecule has 1 aromatic heterocycles. The van der Waals surface area contributed by atoms with E-state index < -0.39 is 23.5 Å². The molecule has 0 amide bonds. The largest absolute Gasteiger partial charge is 0.416 e. The molecule has 0 atom stereocenters. The van der Waals surface area contributed by atoms with Gasteiger partial charge in [0.05, 0.1) is 11.1 Å². The summed E-state index contributed by atoms with van der Waals surface area (Å²) < 4.78 is 76.1. The van der Waals surface area contributed by atoms with Gasteiger partial charge in [-0.3, -0.25) is 0 Å². The van der Waals surface area contributed by atoms with Gasteiger partial charge in [0.15, 0.2) is 0 Å². The van der Waals surface area contributed by atoms with E-state index in [1.54, 1.807) is 18.3 Å². The lowest BCUT2D eigenvalue weighted by Crippen LogP contribution is -2.04. The second kappa shape index (κ2) is 8.49. The lowest BCUT2D eigenvalue weighted by molar-refractivity contribution is -0.138.